The molecule has 1 rings (SSSR count). The van der Waals surface area contributed by atoms with E-state index >= 15 is 0 Å². The van der Waals surface area contributed by atoms with Crippen LogP contribution in [0.25, 0.3) is 0 Å². The monoisotopic (exact) mass is 234 g/mol. The minimum absolute atomic E-state index is 0.0276. The second-order valence-corrected chi connectivity index (χ2v) is 4.68. The Morgan fingerprint density at radius 2 is 2.00 bits per heavy atom. The van der Waals surface area contributed by atoms with Crippen LogP contribution in [0.1, 0.15) is 12.5 Å². The highest BCUT2D eigenvalue weighted by molar-refractivity contribution is 5.44. The molecule has 1 aromatic carbocycles. The van der Waals surface area contributed by atoms with E-state index in [1.807, 2.05) is 25.1 Å². The lowest BCUT2D eigenvalue weighted by molar-refractivity contribution is -0.947. The largest absolute Gasteiger partial charge is 0.325 e. The molecule has 0 aliphatic rings. The highest BCUT2D eigenvalue weighted by atomic mass is 16.5. The molecule has 0 saturated heterocycles. The summed E-state index contributed by atoms with van der Waals surface area (Å²) in [7, 11) is 4.23. The minimum atomic E-state index is 0.0276. The van der Waals surface area contributed by atoms with Crippen LogP contribution in [-0.4, -0.2) is 37.4 Å². The van der Waals surface area contributed by atoms with Crippen LogP contribution in [0.2, 0.25) is 0 Å². The van der Waals surface area contributed by atoms with E-state index in [1.54, 1.807) is 5.94 Å². The highest BCUT2D eigenvalue weighted by Crippen LogP contribution is 2.14. The second kappa shape index (κ2) is 6.36. The summed E-state index contributed by atoms with van der Waals surface area (Å²) in [5, 5.41) is 0. The van der Waals surface area contributed by atoms with Crippen LogP contribution >= 0.6 is 0 Å². The Labute approximate surface area is 103 Å². The molecule has 3 heteroatoms. The van der Waals surface area contributed by atoms with Gasteiger partial charge in [0.1, 0.15) is 12.5 Å². The van der Waals surface area contributed by atoms with Crippen LogP contribution in [-0.2, 0) is 16.1 Å². The van der Waals surface area contributed by atoms with Crippen LogP contribution in [0.5, 0.6) is 0 Å². The van der Waals surface area contributed by atoms with Gasteiger partial charge in [-0.05, 0) is 0 Å². The Hall–Kier alpha value is -1.41. The van der Waals surface area contributed by atoms with Gasteiger partial charge < -0.3 is 4.74 Å². The van der Waals surface area contributed by atoms with Gasteiger partial charge in [0.15, 0.2) is 6.23 Å². The van der Waals surface area contributed by atoms with Crippen molar-refractivity contribution in [2.24, 2.45) is 0 Å². The smallest absolute Gasteiger partial charge is 0.190 e. The van der Waals surface area contributed by atoms with Crippen LogP contribution in [0, 0.1) is 0 Å². The van der Waals surface area contributed by atoms with E-state index in [-0.39, 0.29) is 6.23 Å². The number of carbonyl (C=O) groups excluding carboxylic acids is 1. The van der Waals surface area contributed by atoms with E-state index < -0.39 is 0 Å². The van der Waals surface area contributed by atoms with Gasteiger partial charge in [-0.1, -0.05) is 30.3 Å². The number of hydrogen-bond acceptors (Lipinski definition) is 2. The van der Waals surface area contributed by atoms with Gasteiger partial charge in [0, 0.05) is 18.6 Å². The molecule has 0 spiro atoms. The maximum absolute atomic E-state index is 10.1. The van der Waals surface area contributed by atoms with Crippen LogP contribution in [0.15, 0.2) is 36.4 Å². The van der Waals surface area contributed by atoms with Gasteiger partial charge in [0.05, 0.1) is 20.7 Å². The van der Waals surface area contributed by atoms with Gasteiger partial charge in [-0.3, -0.25) is 4.48 Å². The Bertz CT molecular complexity index is 380. The van der Waals surface area contributed by atoms with E-state index in [4.69, 9.17) is 4.74 Å². The molecule has 0 N–H and O–H groups in total. The zero-order valence-corrected chi connectivity index (χ0v) is 10.7. The van der Waals surface area contributed by atoms with Crippen LogP contribution < -0.4 is 0 Å². The molecule has 17 heavy (non-hydrogen) atoms. The maximum atomic E-state index is 10.1. The molecule has 1 aromatic rings. The van der Waals surface area contributed by atoms with Crippen molar-refractivity contribution in [1.82, 2.24) is 0 Å². The van der Waals surface area contributed by atoms with Crippen molar-refractivity contribution in [3.8, 4) is 0 Å². The summed E-state index contributed by atoms with van der Waals surface area (Å²) >= 11 is 0. The first-order valence-corrected chi connectivity index (χ1v) is 5.74. The Kier molecular flexibility index (Phi) is 5.11. The first-order valence-electron chi connectivity index (χ1n) is 5.74. The summed E-state index contributed by atoms with van der Waals surface area (Å²) < 4.78 is 6.29. The van der Waals surface area contributed by atoms with Crippen molar-refractivity contribution < 1.29 is 14.0 Å². The maximum Gasteiger partial charge on any atom is 0.190 e. The van der Waals surface area contributed by atoms with Crippen molar-refractivity contribution in [2.75, 3.05) is 20.7 Å². The van der Waals surface area contributed by atoms with Gasteiger partial charge in [0.25, 0.3) is 0 Å². The molecule has 0 heterocycles. The van der Waals surface area contributed by atoms with Gasteiger partial charge in [-0.15, -0.1) is 0 Å². The van der Waals surface area contributed by atoms with Crippen molar-refractivity contribution in [2.45, 2.75) is 19.7 Å². The molecule has 1 unspecified atom stereocenters. The number of rotatable bonds is 6. The molecule has 0 saturated carbocycles. The highest BCUT2D eigenvalue weighted by Gasteiger charge is 2.24. The van der Waals surface area contributed by atoms with Crippen LogP contribution in [0.3, 0.4) is 0 Å². The molecular formula is C14H20NO2+. The lowest BCUT2D eigenvalue weighted by atomic mass is 10.2. The second-order valence-electron chi connectivity index (χ2n) is 4.68. The summed E-state index contributed by atoms with van der Waals surface area (Å²) in [5.41, 5.74) is 1.28. The summed E-state index contributed by atoms with van der Waals surface area (Å²) in [6.07, 6.45) is 1.39. The van der Waals surface area contributed by atoms with Crippen molar-refractivity contribution in [3.05, 3.63) is 42.0 Å². The molecule has 0 aliphatic carbocycles. The molecule has 0 radical (unpaired) electrons. The lowest BCUT2D eigenvalue weighted by Gasteiger charge is -2.35. The Morgan fingerprint density at radius 1 is 1.35 bits per heavy atom. The predicted molar refractivity (Wildman–Crippen MR) is 67.9 cm³/mol. The van der Waals surface area contributed by atoms with Gasteiger partial charge in [-0.25, -0.2) is 4.79 Å². The normalized spacial score (nSPS) is 12.9. The van der Waals surface area contributed by atoms with Gasteiger partial charge in [-0.2, -0.15) is 0 Å². The number of hydrogen-bond donors (Lipinski definition) is 0. The fourth-order valence-corrected chi connectivity index (χ4v) is 1.61. The topological polar surface area (TPSA) is 26.3 Å². The third-order valence-corrected chi connectivity index (χ3v) is 2.92. The molecule has 0 aromatic heterocycles. The molecule has 0 aliphatic heterocycles. The quantitative estimate of drug-likeness (QED) is 0.427. The molecule has 3 nitrogen and oxygen atoms in total. The van der Waals surface area contributed by atoms with E-state index in [0.29, 0.717) is 6.61 Å². The summed E-state index contributed by atoms with van der Waals surface area (Å²) in [5.74, 6) is 1.72. The number of ether oxygens (including phenoxy) is 1. The standard InChI is InChI=1S/C14H20NO2/c1-13(17-11-7-10-16)15(2,3)12-14-8-5-4-6-9-14/h4-9,13H,11-12H2,1-3H3/q+1. The molecular weight excluding hydrogens is 214 g/mol. The summed E-state index contributed by atoms with van der Waals surface area (Å²) in [4.78, 5) is 10.1. The van der Waals surface area contributed by atoms with Gasteiger partial charge in [0.2, 0.25) is 0 Å². The Morgan fingerprint density at radius 3 is 2.59 bits per heavy atom. The lowest BCUT2D eigenvalue weighted by Crippen LogP contribution is -2.47. The number of benzene rings is 1. The van der Waals surface area contributed by atoms with E-state index in [9.17, 15) is 4.79 Å². The Balaban J connectivity index is 2.57. The average molecular weight is 234 g/mol. The van der Waals surface area contributed by atoms with Gasteiger partial charge >= 0.3 is 0 Å². The number of quaternary nitrogens is 1. The average Bonchev–Trinajstić information content (AvgIpc) is 2.30. The van der Waals surface area contributed by atoms with Crippen molar-refractivity contribution >= 4 is 5.94 Å². The molecule has 0 fully saturated rings. The number of nitrogens with zero attached hydrogens (tertiary/aromatic N) is 1. The SMILES string of the molecule is CC(OCC=C=O)[N+](C)(C)Cc1ccccc1. The van der Waals surface area contributed by atoms with Crippen molar-refractivity contribution in [1.29, 1.82) is 0 Å². The molecule has 0 amide bonds. The minimum Gasteiger partial charge on any atom is -0.325 e. The third-order valence-electron chi connectivity index (χ3n) is 2.92. The molecule has 1 atom stereocenters. The summed E-state index contributed by atoms with van der Waals surface area (Å²) in [6, 6.07) is 10.3. The molecule has 92 valence electrons. The first kappa shape index (κ1) is 13.7. The fraction of sp³-hybridized carbons (Fsp3) is 0.429. The first-order chi connectivity index (χ1) is 8.06. The predicted octanol–water partition coefficient (Wildman–Crippen LogP) is 2.01. The third kappa shape index (κ3) is 4.53. The van der Waals surface area contributed by atoms with E-state index in [1.165, 1.54) is 11.6 Å². The van der Waals surface area contributed by atoms with E-state index in [0.717, 1.165) is 11.0 Å². The van der Waals surface area contributed by atoms with Crippen LogP contribution in [0.4, 0.5) is 0 Å². The zero-order valence-electron chi connectivity index (χ0n) is 10.7. The zero-order chi connectivity index (χ0) is 12.7. The summed E-state index contributed by atoms with van der Waals surface area (Å²) in [6.45, 7) is 3.23. The fourth-order valence-electron chi connectivity index (χ4n) is 1.61. The van der Waals surface area contributed by atoms with Crippen molar-refractivity contribution in [3.63, 3.8) is 0 Å². The van der Waals surface area contributed by atoms with E-state index in [2.05, 4.69) is 26.2 Å². The molecule has 0 bridgehead atoms.